The van der Waals surface area contributed by atoms with Gasteiger partial charge in [0.1, 0.15) is 0 Å². The third-order valence-corrected chi connectivity index (χ3v) is 4.10. The summed E-state index contributed by atoms with van der Waals surface area (Å²) in [6.07, 6.45) is 5.54. The van der Waals surface area contributed by atoms with E-state index in [2.05, 4.69) is 63.5 Å². The number of hydrogen-bond donors (Lipinski definition) is 1. The number of rotatable bonds is 4. The van der Waals surface area contributed by atoms with E-state index in [0.29, 0.717) is 0 Å². The minimum absolute atomic E-state index is 0.770. The van der Waals surface area contributed by atoms with Crippen molar-refractivity contribution in [2.45, 2.75) is 13.5 Å². The third kappa shape index (κ3) is 3.16. The molecule has 0 unspecified atom stereocenters. The first-order chi connectivity index (χ1) is 10.2. The van der Waals surface area contributed by atoms with Crippen LogP contribution >= 0.6 is 15.9 Å². The summed E-state index contributed by atoms with van der Waals surface area (Å²) in [6, 6.07) is 14.6. The second-order valence-electron chi connectivity index (χ2n) is 4.94. The van der Waals surface area contributed by atoms with E-state index in [1.165, 1.54) is 11.1 Å². The second kappa shape index (κ2) is 6.14. The Morgan fingerprint density at radius 3 is 2.81 bits per heavy atom. The molecule has 1 N–H and O–H groups in total. The molecule has 3 nitrogen and oxygen atoms in total. The number of nitrogens with zero attached hydrogens (tertiary/aromatic N) is 2. The molecule has 0 saturated carbocycles. The van der Waals surface area contributed by atoms with Crippen LogP contribution in [0, 0.1) is 6.92 Å². The van der Waals surface area contributed by atoms with Gasteiger partial charge in [-0.1, -0.05) is 40.2 Å². The molecule has 0 saturated heterocycles. The lowest BCUT2D eigenvalue weighted by molar-refractivity contribution is 1.04. The van der Waals surface area contributed by atoms with Gasteiger partial charge in [-0.2, -0.15) is 0 Å². The van der Waals surface area contributed by atoms with Crippen LogP contribution in [-0.2, 0) is 6.54 Å². The van der Waals surface area contributed by atoms with Crippen molar-refractivity contribution in [3.63, 3.8) is 0 Å². The van der Waals surface area contributed by atoms with Gasteiger partial charge in [-0.3, -0.25) is 0 Å². The average molecular weight is 342 g/mol. The highest BCUT2D eigenvalue weighted by Crippen LogP contribution is 2.23. The van der Waals surface area contributed by atoms with Crippen LogP contribution in [0.2, 0.25) is 0 Å². The lowest BCUT2D eigenvalue weighted by Gasteiger charge is -2.13. The van der Waals surface area contributed by atoms with Gasteiger partial charge in [-0.15, -0.1) is 0 Å². The Labute approximate surface area is 132 Å². The van der Waals surface area contributed by atoms with E-state index >= 15 is 0 Å². The first-order valence-electron chi connectivity index (χ1n) is 6.80. The molecule has 0 spiro atoms. The van der Waals surface area contributed by atoms with Crippen LogP contribution < -0.4 is 5.32 Å². The average Bonchev–Trinajstić information content (AvgIpc) is 3.01. The SMILES string of the molecule is Cc1ccc(CNc2ccccc2-n2ccnc2)c(Br)c1. The van der Waals surface area contributed by atoms with Gasteiger partial charge in [-0.05, 0) is 36.2 Å². The lowest BCUT2D eigenvalue weighted by Crippen LogP contribution is -2.04. The number of imidazole rings is 1. The van der Waals surface area contributed by atoms with Crippen molar-refractivity contribution >= 4 is 21.6 Å². The van der Waals surface area contributed by atoms with Crippen molar-refractivity contribution in [2.75, 3.05) is 5.32 Å². The molecule has 1 heterocycles. The number of para-hydroxylation sites is 2. The van der Waals surface area contributed by atoms with Gasteiger partial charge in [0.25, 0.3) is 0 Å². The molecule has 106 valence electrons. The van der Waals surface area contributed by atoms with Gasteiger partial charge in [0.05, 0.1) is 17.7 Å². The molecule has 0 aliphatic carbocycles. The first-order valence-corrected chi connectivity index (χ1v) is 7.59. The highest BCUT2D eigenvalue weighted by Gasteiger charge is 2.05. The molecule has 0 aliphatic heterocycles. The van der Waals surface area contributed by atoms with E-state index in [1.807, 2.05) is 29.2 Å². The van der Waals surface area contributed by atoms with Crippen LogP contribution in [-0.4, -0.2) is 9.55 Å². The van der Waals surface area contributed by atoms with E-state index < -0.39 is 0 Å². The summed E-state index contributed by atoms with van der Waals surface area (Å²) in [4.78, 5) is 4.11. The van der Waals surface area contributed by atoms with Crippen molar-refractivity contribution in [1.82, 2.24) is 9.55 Å². The molecule has 0 fully saturated rings. The maximum atomic E-state index is 4.11. The second-order valence-corrected chi connectivity index (χ2v) is 5.79. The van der Waals surface area contributed by atoms with Crippen LogP contribution in [0.4, 0.5) is 5.69 Å². The highest BCUT2D eigenvalue weighted by atomic mass is 79.9. The number of hydrogen-bond acceptors (Lipinski definition) is 2. The zero-order valence-corrected chi connectivity index (χ0v) is 13.3. The maximum Gasteiger partial charge on any atom is 0.0992 e. The van der Waals surface area contributed by atoms with E-state index in [4.69, 9.17) is 0 Å². The fourth-order valence-corrected chi connectivity index (χ4v) is 2.87. The Balaban J connectivity index is 1.83. The molecule has 4 heteroatoms. The Bertz CT molecular complexity index is 736. The molecule has 3 rings (SSSR count). The number of aromatic nitrogens is 2. The van der Waals surface area contributed by atoms with Gasteiger partial charge >= 0.3 is 0 Å². The van der Waals surface area contributed by atoms with Crippen molar-refractivity contribution in [1.29, 1.82) is 0 Å². The first kappa shape index (κ1) is 13.9. The standard InChI is InChI=1S/C17H16BrN3/c1-13-6-7-14(15(18)10-13)11-20-16-4-2-3-5-17(16)21-9-8-19-12-21/h2-10,12,20H,11H2,1H3. The molecule has 0 atom stereocenters. The molecular formula is C17H16BrN3. The normalized spacial score (nSPS) is 10.6. The van der Waals surface area contributed by atoms with Gasteiger partial charge in [-0.25, -0.2) is 4.98 Å². The molecule has 2 aromatic carbocycles. The Morgan fingerprint density at radius 2 is 2.05 bits per heavy atom. The third-order valence-electron chi connectivity index (χ3n) is 3.36. The minimum Gasteiger partial charge on any atom is -0.379 e. The zero-order valence-electron chi connectivity index (χ0n) is 11.8. The fraction of sp³-hybridized carbons (Fsp3) is 0.118. The Kier molecular flexibility index (Phi) is 4.06. The van der Waals surface area contributed by atoms with Crippen LogP contribution in [0.1, 0.15) is 11.1 Å². The molecule has 1 aromatic heterocycles. The van der Waals surface area contributed by atoms with Gasteiger partial charge in [0, 0.05) is 23.4 Å². The molecule has 21 heavy (non-hydrogen) atoms. The fourth-order valence-electron chi connectivity index (χ4n) is 2.24. The number of halogens is 1. The summed E-state index contributed by atoms with van der Waals surface area (Å²) in [5.41, 5.74) is 4.67. The number of anilines is 1. The van der Waals surface area contributed by atoms with Gasteiger partial charge in [0.2, 0.25) is 0 Å². The van der Waals surface area contributed by atoms with E-state index in [-0.39, 0.29) is 0 Å². The van der Waals surface area contributed by atoms with Crippen molar-refractivity contribution < 1.29 is 0 Å². The number of benzene rings is 2. The quantitative estimate of drug-likeness (QED) is 0.754. The van der Waals surface area contributed by atoms with E-state index in [0.717, 1.165) is 22.4 Å². The molecule has 3 aromatic rings. The monoisotopic (exact) mass is 341 g/mol. The van der Waals surface area contributed by atoms with Crippen LogP contribution in [0.3, 0.4) is 0 Å². The van der Waals surface area contributed by atoms with Crippen LogP contribution in [0.5, 0.6) is 0 Å². The summed E-state index contributed by atoms with van der Waals surface area (Å²) >= 11 is 3.62. The zero-order chi connectivity index (χ0) is 14.7. The molecule has 0 amide bonds. The molecule has 0 radical (unpaired) electrons. The molecule has 0 aliphatic rings. The van der Waals surface area contributed by atoms with Crippen molar-refractivity contribution in [3.8, 4) is 5.69 Å². The largest absolute Gasteiger partial charge is 0.379 e. The van der Waals surface area contributed by atoms with E-state index in [9.17, 15) is 0 Å². The van der Waals surface area contributed by atoms with Crippen LogP contribution in [0.15, 0.2) is 65.7 Å². The minimum atomic E-state index is 0.770. The highest BCUT2D eigenvalue weighted by molar-refractivity contribution is 9.10. The topological polar surface area (TPSA) is 29.9 Å². The smallest absolute Gasteiger partial charge is 0.0992 e. The van der Waals surface area contributed by atoms with Gasteiger partial charge in [0.15, 0.2) is 0 Å². The Morgan fingerprint density at radius 1 is 1.19 bits per heavy atom. The number of aryl methyl sites for hydroxylation is 1. The van der Waals surface area contributed by atoms with Crippen molar-refractivity contribution in [3.05, 3.63) is 76.8 Å². The van der Waals surface area contributed by atoms with Crippen molar-refractivity contribution in [2.24, 2.45) is 0 Å². The maximum absolute atomic E-state index is 4.11. The summed E-state index contributed by atoms with van der Waals surface area (Å²) in [6.45, 7) is 2.86. The van der Waals surface area contributed by atoms with Gasteiger partial charge < -0.3 is 9.88 Å². The summed E-state index contributed by atoms with van der Waals surface area (Å²) in [7, 11) is 0. The lowest BCUT2D eigenvalue weighted by atomic mass is 10.1. The number of nitrogens with one attached hydrogen (secondary N) is 1. The molecule has 0 bridgehead atoms. The predicted molar refractivity (Wildman–Crippen MR) is 89.8 cm³/mol. The summed E-state index contributed by atoms with van der Waals surface area (Å²) in [5.74, 6) is 0. The van der Waals surface area contributed by atoms with E-state index in [1.54, 1.807) is 6.20 Å². The summed E-state index contributed by atoms with van der Waals surface area (Å²) < 4.78 is 3.14. The predicted octanol–water partition coefficient (Wildman–Crippen LogP) is 4.56. The van der Waals surface area contributed by atoms with Crippen LogP contribution in [0.25, 0.3) is 5.69 Å². The summed E-state index contributed by atoms with van der Waals surface area (Å²) in [5, 5.41) is 3.50. The Hall–Kier alpha value is -2.07. The molecular weight excluding hydrogens is 326 g/mol.